The number of ether oxygens (including phenoxy) is 1. The maximum absolute atomic E-state index is 12.7. The fourth-order valence-electron chi connectivity index (χ4n) is 2.71. The molecule has 0 bridgehead atoms. The Labute approximate surface area is 145 Å². The molecule has 1 heterocycles. The summed E-state index contributed by atoms with van der Waals surface area (Å²) in [6, 6.07) is 4.29. The largest absolute Gasteiger partial charge is 0.465 e. The molecule has 1 aromatic carbocycles. The van der Waals surface area contributed by atoms with Crippen molar-refractivity contribution in [3.63, 3.8) is 0 Å². The molecule has 7 nitrogen and oxygen atoms in total. The Balaban J connectivity index is 2.28. The first-order chi connectivity index (χ1) is 11.2. The number of hydrogen-bond donors (Lipinski definition) is 2. The van der Waals surface area contributed by atoms with E-state index in [9.17, 15) is 18.0 Å². The lowest BCUT2D eigenvalue weighted by Crippen LogP contribution is -2.55. The van der Waals surface area contributed by atoms with Gasteiger partial charge in [0.2, 0.25) is 5.91 Å². The molecule has 1 fully saturated rings. The molecular formula is C15H19ClN2O5S. The van der Waals surface area contributed by atoms with Crippen LogP contribution in [0.5, 0.6) is 0 Å². The molecular weight excluding hydrogens is 356 g/mol. The number of piperidine rings is 1. The van der Waals surface area contributed by atoms with Gasteiger partial charge in [0.25, 0.3) is 0 Å². The average Bonchev–Trinajstić information content (AvgIpc) is 2.54. The zero-order valence-electron chi connectivity index (χ0n) is 13.4. The van der Waals surface area contributed by atoms with Gasteiger partial charge in [-0.25, -0.2) is 13.2 Å². The van der Waals surface area contributed by atoms with Crippen LogP contribution in [0, 0.1) is 0 Å². The number of hydrogen-bond acceptors (Lipinski definition) is 6. The fraction of sp³-hybridized carbons (Fsp3) is 0.467. The van der Waals surface area contributed by atoms with Crippen LogP contribution < -0.4 is 10.6 Å². The van der Waals surface area contributed by atoms with Crippen molar-refractivity contribution >= 4 is 39.0 Å². The van der Waals surface area contributed by atoms with E-state index >= 15 is 0 Å². The van der Waals surface area contributed by atoms with E-state index in [1.165, 1.54) is 25.3 Å². The number of carbonyl (C=O) groups excluding carboxylic acids is 2. The molecule has 1 aromatic rings. The van der Waals surface area contributed by atoms with Crippen molar-refractivity contribution in [1.82, 2.24) is 5.32 Å². The predicted molar refractivity (Wildman–Crippen MR) is 91.1 cm³/mol. The second-order valence-corrected chi connectivity index (χ2v) is 8.39. The van der Waals surface area contributed by atoms with E-state index in [2.05, 4.69) is 15.4 Å². The molecule has 9 heteroatoms. The lowest BCUT2D eigenvalue weighted by Gasteiger charge is -2.34. The predicted octanol–water partition coefficient (Wildman–Crippen LogP) is 1.23. The van der Waals surface area contributed by atoms with Crippen molar-refractivity contribution in [3.8, 4) is 0 Å². The molecule has 24 heavy (non-hydrogen) atoms. The molecule has 0 radical (unpaired) electrons. The third-order valence-corrected chi connectivity index (χ3v) is 6.49. The Hall–Kier alpha value is -1.64. The summed E-state index contributed by atoms with van der Waals surface area (Å²) in [5.41, 5.74) is 0.482. The third kappa shape index (κ3) is 3.55. The van der Waals surface area contributed by atoms with Crippen LogP contribution in [0.3, 0.4) is 0 Å². The quantitative estimate of drug-likeness (QED) is 0.769. The molecule has 0 aromatic heterocycles. The molecule has 0 aliphatic carbocycles. The summed E-state index contributed by atoms with van der Waals surface area (Å²) in [4.78, 5) is 24.2. The van der Waals surface area contributed by atoms with Crippen LogP contribution in [0.1, 0.15) is 23.2 Å². The first-order valence-electron chi connectivity index (χ1n) is 7.31. The van der Waals surface area contributed by atoms with Gasteiger partial charge in [0, 0.05) is 11.9 Å². The second kappa shape index (κ2) is 7.08. The zero-order chi connectivity index (χ0) is 18.0. The highest BCUT2D eigenvalue weighted by Crippen LogP contribution is 2.30. The fourth-order valence-corrected chi connectivity index (χ4v) is 4.30. The van der Waals surface area contributed by atoms with E-state index < -0.39 is 26.5 Å². The number of amides is 1. The first kappa shape index (κ1) is 18.7. The minimum Gasteiger partial charge on any atom is -0.465 e. The maximum Gasteiger partial charge on any atom is 0.339 e. The summed E-state index contributed by atoms with van der Waals surface area (Å²) in [5, 5.41) is 5.76. The molecule has 2 N–H and O–H groups in total. The van der Waals surface area contributed by atoms with Gasteiger partial charge < -0.3 is 15.4 Å². The Kier molecular flexibility index (Phi) is 5.52. The number of rotatable bonds is 4. The van der Waals surface area contributed by atoms with Crippen LogP contribution >= 0.6 is 11.6 Å². The number of esters is 1. The normalized spacial score (nSPS) is 17.1. The van der Waals surface area contributed by atoms with E-state index in [4.69, 9.17) is 11.6 Å². The molecule has 0 spiro atoms. The van der Waals surface area contributed by atoms with Crippen LogP contribution in [0.2, 0.25) is 5.02 Å². The Morgan fingerprint density at radius 1 is 1.29 bits per heavy atom. The van der Waals surface area contributed by atoms with Gasteiger partial charge in [-0.1, -0.05) is 11.6 Å². The highest BCUT2D eigenvalue weighted by molar-refractivity contribution is 7.92. The van der Waals surface area contributed by atoms with E-state index in [0.717, 1.165) is 6.26 Å². The lowest BCUT2D eigenvalue weighted by atomic mass is 9.95. The van der Waals surface area contributed by atoms with Gasteiger partial charge in [-0.2, -0.15) is 0 Å². The molecule has 0 saturated carbocycles. The standard InChI is InChI=1S/C15H19ClN2O5S/c1-23-13(19)11-4-3-10(9-12(11)16)18-14(20)15(24(2,21)22)5-7-17-8-6-15/h3-4,9,17H,5-8H2,1-2H3,(H,18,20). The summed E-state index contributed by atoms with van der Waals surface area (Å²) < 4.78 is 27.6. The van der Waals surface area contributed by atoms with Gasteiger partial charge in [0.1, 0.15) is 0 Å². The minimum absolute atomic E-state index is 0.110. The Morgan fingerprint density at radius 2 is 1.92 bits per heavy atom. The molecule has 132 valence electrons. The molecule has 0 unspecified atom stereocenters. The van der Waals surface area contributed by atoms with Gasteiger partial charge in [-0.05, 0) is 44.1 Å². The third-order valence-electron chi connectivity index (χ3n) is 4.17. The SMILES string of the molecule is COC(=O)c1ccc(NC(=O)C2(S(C)(=O)=O)CCNCC2)cc1Cl. The van der Waals surface area contributed by atoms with Crippen molar-refractivity contribution in [2.45, 2.75) is 17.6 Å². The van der Waals surface area contributed by atoms with Crippen LogP contribution in [-0.2, 0) is 19.4 Å². The monoisotopic (exact) mass is 374 g/mol. The van der Waals surface area contributed by atoms with Gasteiger partial charge in [-0.15, -0.1) is 0 Å². The summed E-state index contributed by atoms with van der Waals surface area (Å²) in [6.07, 6.45) is 1.47. The number of benzene rings is 1. The van der Waals surface area contributed by atoms with Gasteiger partial charge >= 0.3 is 5.97 Å². The van der Waals surface area contributed by atoms with E-state index in [0.29, 0.717) is 18.8 Å². The number of sulfone groups is 1. The zero-order valence-corrected chi connectivity index (χ0v) is 15.0. The van der Waals surface area contributed by atoms with Gasteiger partial charge in [0.15, 0.2) is 14.6 Å². The molecule has 1 amide bonds. The maximum atomic E-state index is 12.7. The Morgan fingerprint density at radius 3 is 2.42 bits per heavy atom. The van der Waals surface area contributed by atoms with E-state index in [1.807, 2.05) is 0 Å². The second-order valence-electron chi connectivity index (χ2n) is 5.66. The molecule has 2 rings (SSSR count). The molecule has 1 saturated heterocycles. The summed E-state index contributed by atoms with van der Waals surface area (Å²) in [6.45, 7) is 0.894. The first-order valence-corrected chi connectivity index (χ1v) is 9.58. The Bertz CT molecular complexity index is 757. The number of carbonyl (C=O) groups is 2. The van der Waals surface area contributed by atoms with Crippen molar-refractivity contribution in [1.29, 1.82) is 0 Å². The number of nitrogens with one attached hydrogen (secondary N) is 2. The summed E-state index contributed by atoms with van der Waals surface area (Å²) in [5.74, 6) is -1.18. The number of methoxy groups -OCH3 is 1. The van der Waals surface area contributed by atoms with Crippen molar-refractivity contribution < 1.29 is 22.7 Å². The van der Waals surface area contributed by atoms with Crippen molar-refractivity contribution in [2.24, 2.45) is 0 Å². The van der Waals surface area contributed by atoms with Crippen LogP contribution in [0.15, 0.2) is 18.2 Å². The van der Waals surface area contributed by atoms with Crippen molar-refractivity contribution in [2.75, 3.05) is 31.8 Å². The van der Waals surface area contributed by atoms with Crippen LogP contribution in [0.4, 0.5) is 5.69 Å². The van der Waals surface area contributed by atoms with Crippen molar-refractivity contribution in [3.05, 3.63) is 28.8 Å². The summed E-state index contributed by atoms with van der Waals surface area (Å²) in [7, 11) is -2.36. The lowest BCUT2D eigenvalue weighted by molar-refractivity contribution is -0.119. The van der Waals surface area contributed by atoms with Crippen LogP contribution in [-0.4, -0.2) is 51.5 Å². The van der Waals surface area contributed by atoms with Gasteiger partial charge in [0.05, 0.1) is 17.7 Å². The average molecular weight is 375 g/mol. The smallest absolute Gasteiger partial charge is 0.339 e. The van der Waals surface area contributed by atoms with Gasteiger partial charge in [-0.3, -0.25) is 4.79 Å². The topological polar surface area (TPSA) is 102 Å². The van der Waals surface area contributed by atoms with E-state index in [1.54, 1.807) is 0 Å². The molecule has 0 atom stereocenters. The number of halogens is 1. The van der Waals surface area contributed by atoms with E-state index in [-0.39, 0.29) is 23.4 Å². The summed E-state index contributed by atoms with van der Waals surface area (Å²) >= 11 is 6.02. The number of anilines is 1. The minimum atomic E-state index is -3.60. The molecule has 1 aliphatic heterocycles. The highest BCUT2D eigenvalue weighted by atomic mass is 35.5. The van der Waals surface area contributed by atoms with Crippen LogP contribution in [0.25, 0.3) is 0 Å². The highest BCUT2D eigenvalue weighted by Gasteiger charge is 2.48. The molecule has 1 aliphatic rings.